The van der Waals surface area contributed by atoms with Crippen LogP contribution in [0.25, 0.3) is 0 Å². The SMILES string of the molecule is NS(=O)(=O)Oc1ccc(C(=O)c2ccc(OS(N)(=O)=O)cc2)cc1. The minimum Gasteiger partial charge on any atom is -0.371 e. The predicted molar refractivity (Wildman–Crippen MR) is 83.8 cm³/mol. The molecule has 24 heavy (non-hydrogen) atoms. The topological polar surface area (TPSA) is 156 Å². The van der Waals surface area contributed by atoms with E-state index in [4.69, 9.17) is 10.3 Å². The Morgan fingerprint density at radius 2 is 0.958 bits per heavy atom. The quantitative estimate of drug-likeness (QED) is 0.680. The summed E-state index contributed by atoms with van der Waals surface area (Å²) in [6.45, 7) is 0. The van der Waals surface area contributed by atoms with Gasteiger partial charge >= 0.3 is 20.6 Å². The van der Waals surface area contributed by atoms with Gasteiger partial charge in [0.15, 0.2) is 5.78 Å². The molecule has 0 bridgehead atoms. The zero-order valence-electron chi connectivity index (χ0n) is 11.9. The molecule has 4 N–H and O–H groups in total. The first-order chi connectivity index (χ1) is 11.0. The average Bonchev–Trinajstić information content (AvgIpc) is 2.45. The molecule has 2 rings (SSSR count). The fourth-order valence-corrected chi connectivity index (χ4v) is 2.52. The molecule has 128 valence electrons. The van der Waals surface area contributed by atoms with E-state index in [-0.39, 0.29) is 28.4 Å². The van der Waals surface area contributed by atoms with Crippen molar-refractivity contribution in [2.24, 2.45) is 10.3 Å². The van der Waals surface area contributed by atoms with Gasteiger partial charge in [-0.2, -0.15) is 27.1 Å². The van der Waals surface area contributed by atoms with Crippen LogP contribution in [0.2, 0.25) is 0 Å². The Kier molecular flexibility index (Phi) is 4.89. The van der Waals surface area contributed by atoms with Gasteiger partial charge < -0.3 is 8.37 Å². The lowest BCUT2D eigenvalue weighted by Gasteiger charge is -2.06. The monoisotopic (exact) mass is 372 g/mol. The third kappa shape index (κ3) is 5.31. The molecule has 0 amide bonds. The van der Waals surface area contributed by atoms with Crippen LogP contribution in [-0.2, 0) is 20.6 Å². The molecule has 2 aromatic rings. The van der Waals surface area contributed by atoms with Crippen LogP contribution in [0.3, 0.4) is 0 Å². The van der Waals surface area contributed by atoms with Gasteiger partial charge in [0.1, 0.15) is 11.5 Å². The Morgan fingerprint density at radius 1 is 0.667 bits per heavy atom. The second-order valence-corrected chi connectivity index (χ2v) is 6.83. The smallest absolute Gasteiger partial charge is 0.371 e. The van der Waals surface area contributed by atoms with Crippen LogP contribution in [0, 0.1) is 0 Å². The molecule has 0 heterocycles. The fraction of sp³-hybridized carbons (Fsp3) is 0. The zero-order valence-corrected chi connectivity index (χ0v) is 13.6. The van der Waals surface area contributed by atoms with Crippen molar-refractivity contribution in [2.75, 3.05) is 0 Å². The molecule has 0 unspecified atom stereocenters. The molecule has 0 aliphatic rings. The summed E-state index contributed by atoms with van der Waals surface area (Å²) in [7, 11) is -8.28. The second kappa shape index (κ2) is 6.57. The summed E-state index contributed by atoms with van der Waals surface area (Å²) in [4.78, 5) is 12.3. The maximum atomic E-state index is 12.3. The van der Waals surface area contributed by atoms with Crippen molar-refractivity contribution < 1.29 is 30.0 Å². The van der Waals surface area contributed by atoms with Gasteiger partial charge in [-0.25, -0.2) is 0 Å². The predicted octanol–water partition coefficient (Wildman–Crippen LogP) is 0.0822. The number of carbonyl (C=O) groups is 1. The first-order valence-electron chi connectivity index (χ1n) is 6.23. The Bertz CT molecular complexity index is 871. The molecule has 0 radical (unpaired) electrons. The molecule has 0 spiro atoms. The normalized spacial score (nSPS) is 11.8. The van der Waals surface area contributed by atoms with Crippen molar-refractivity contribution in [1.29, 1.82) is 0 Å². The molecule has 9 nitrogen and oxygen atoms in total. The van der Waals surface area contributed by atoms with Gasteiger partial charge in [-0.05, 0) is 48.5 Å². The Hall–Kier alpha value is -2.47. The molecule has 0 saturated carbocycles. The van der Waals surface area contributed by atoms with Gasteiger partial charge in [0.05, 0.1) is 0 Å². The third-order valence-corrected chi connectivity index (χ3v) is 3.51. The van der Waals surface area contributed by atoms with E-state index in [0.717, 1.165) is 0 Å². The minimum atomic E-state index is -4.14. The molecular weight excluding hydrogens is 360 g/mol. The van der Waals surface area contributed by atoms with Crippen molar-refractivity contribution in [3.63, 3.8) is 0 Å². The highest BCUT2D eigenvalue weighted by atomic mass is 32.2. The lowest BCUT2D eigenvalue weighted by molar-refractivity contribution is 0.103. The molecule has 0 aromatic heterocycles. The summed E-state index contributed by atoms with van der Waals surface area (Å²) in [5, 5.41) is 9.47. The largest absolute Gasteiger partial charge is 0.380 e. The molecule has 0 saturated heterocycles. The summed E-state index contributed by atoms with van der Waals surface area (Å²) in [5.41, 5.74) is 0.522. The van der Waals surface area contributed by atoms with Gasteiger partial charge in [0.2, 0.25) is 0 Å². The van der Waals surface area contributed by atoms with E-state index in [1.165, 1.54) is 48.5 Å². The number of hydrogen-bond donors (Lipinski definition) is 2. The van der Waals surface area contributed by atoms with E-state index in [9.17, 15) is 21.6 Å². The van der Waals surface area contributed by atoms with E-state index in [2.05, 4.69) is 8.37 Å². The second-order valence-electron chi connectivity index (χ2n) is 4.53. The standard InChI is InChI=1S/C13H12N2O7S2/c14-23(17,18)21-11-5-1-9(2-6-11)13(16)10-3-7-12(8-4-10)22-24(15,19)20/h1-8H,(H2,14,17,18)(H2,15,19,20). The molecule has 0 fully saturated rings. The van der Waals surface area contributed by atoms with E-state index in [1.54, 1.807) is 0 Å². The summed E-state index contributed by atoms with van der Waals surface area (Å²) in [6, 6.07) is 10.5. The number of carbonyl (C=O) groups excluding carboxylic acids is 1. The average molecular weight is 372 g/mol. The van der Waals surface area contributed by atoms with Gasteiger partial charge in [0, 0.05) is 11.1 Å². The molecule has 0 atom stereocenters. The summed E-state index contributed by atoms with van der Waals surface area (Å²) in [5.74, 6) is -0.448. The van der Waals surface area contributed by atoms with Crippen molar-refractivity contribution in [3.05, 3.63) is 59.7 Å². The number of rotatable bonds is 6. The van der Waals surface area contributed by atoms with E-state index in [1.807, 2.05) is 0 Å². The highest BCUT2D eigenvalue weighted by Crippen LogP contribution is 2.19. The van der Waals surface area contributed by atoms with Crippen LogP contribution < -0.4 is 18.6 Å². The van der Waals surface area contributed by atoms with Crippen LogP contribution in [-0.4, -0.2) is 22.6 Å². The fourth-order valence-electron chi connectivity index (χ4n) is 1.76. The number of benzene rings is 2. The van der Waals surface area contributed by atoms with Gasteiger partial charge in [-0.1, -0.05) is 0 Å². The van der Waals surface area contributed by atoms with Crippen LogP contribution >= 0.6 is 0 Å². The summed E-state index contributed by atoms with van der Waals surface area (Å²) < 4.78 is 52.1. The highest BCUT2D eigenvalue weighted by Gasteiger charge is 2.12. The van der Waals surface area contributed by atoms with Gasteiger partial charge in [-0.15, -0.1) is 0 Å². The molecule has 0 aliphatic heterocycles. The van der Waals surface area contributed by atoms with Gasteiger partial charge in [-0.3, -0.25) is 4.79 Å². The number of hydrogen-bond acceptors (Lipinski definition) is 7. The first kappa shape index (κ1) is 17.9. The maximum absolute atomic E-state index is 12.3. The van der Waals surface area contributed by atoms with Crippen LogP contribution in [0.1, 0.15) is 15.9 Å². The van der Waals surface area contributed by atoms with E-state index in [0.29, 0.717) is 0 Å². The zero-order chi connectivity index (χ0) is 18.0. The van der Waals surface area contributed by atoms with Crippen LogP contribution in [0.4, 0.5) is 0 Å². The van der Waals surface area contributed by atoms with Crippen LogP contribution in [0.15, 0.2) is 48.5 Å². The highest BCUT2D eigenvalue weighted by molar-refractivity contribution is 7.85. The summed E-state index contributed by atoms with van der Waals surface area (Å²) in [6.07, 6.45) is 0. The minimum absolute atomic E-state index is 0.0362. The molecule has 11 heteroatoms. The first-order valence-corrected chi connectivity index (χ1v) is 9.17. The van der Waals surface area contributed by atoms with Gasteiger partial charge in [0.25, 0.3) is 0 Å². The van der Waals surface area contributed by atoms with Crippen molar-refractivity contribution in [3.8, 4) is 11.5 Å². The molecular formula is C13H12N2O7S2. The lowest BCUT2D eigenvalue weighted by Crippen LogP contribution is -2.19. The Labute approximate surface area is 138 Å². The molecule has 2 aromatic carbocycles. The third-order valence-electron chi connectivity index (χ3n) is 2.66. The van der Waals surface area contributed by atoms with E-state index < -0.39 is 20.6 Å². The van der Waals surface area contributed by atoms with E-state index >= 15 is 0 Å². The number of nitrogens with two attached hydrogens (primary N) is 2. The molecule has 0 aliphatic carbocycles. The Morgan fingerprint density at radius 3 is 1.21 bits per heavy atom. The lowest BCUT2D eigenvalue weighted by atomic mass is 10.0. The van der Waals surface area contributed by atoms with Crippen molar-refractivity contribution >= 4 is 26.4 Å². The summed E-state index contributed by atoms with van der Waals surface area (Å²) >= 11 is 0. The van der Waals surface area contributed by atoms with Crippen LogP contribution in [0.5, 0.6) is 11.5 Å². The maximum Gasteiger partial charge on any atom is 0.380 e. The van der Waals surface area contributed by atoms with Crippen molar-refractivity contribution in [1.82, 2.24) is 0 Å². The Balaban J connectivity index is 2.16. The van der Waals surface area contributed by atoms with Crippen molar-refractivity contribution in [2.45, 2.75) is 0 Å². The number of ketones is 1.